The van der Waals surface area contributed by atoms with Gasteiger partial charge >= 0.3 is 23.3 Å². The van der Waals surface area contributed by atoms with Gasteiger partial charge in [0.1, 0.15) is 0 Å². The lowest BCUT2D eigenvalue weighted by atomic mass is 10.1. The second-order valence-corrected chi connectivity index (χ2v) is 4.49. The van der Waals surface area contributed by atoms with Crippen LogP contribution in [-0.2, 0) is 0 Å². The molecule has 4 rings (SSSR count). The van der Waals surface area contributed by atoms with E-state index in [1.54, 1.807) is 0 Å². The molecule has 0 bridgehead atoms. The molecular formula is C14H4O10. The average Bonchev–Trinajstić information content (AvgIpc) is 2.74. The van der Waals surface area contributed by atoms with Gasteiger partial charge in [-0.2, -0.15) is 0 Å². The molecule has 10 heteroatoms. The van der Waals surface area contributed by atoms with Crippen molar-refractivity contribution in [2.24, 2.45) is 0 Å². The first-order valence-electron chi connectivity index (χ1n) is 6.34. The van der Waals surface area contributed by atoms with Gasteiger partial charge in [-0.3, -0.25) is 0 Å². The van der Waals surface area contributed by atoms with Gasteiger partial charge in [0.2, 0.25) is 0 Å². The molecular weight excluding hydrogens is 328 g/mol. The standard InChI is InChI=1S/C14H4O10/c15-11-19-7-3-1-5-6(10(7)22-14(18)23-11)2-4-8-9(5)21-13(17)24-12(16)20-8/h1-4H. The van der Waals surface area contributed by atoms with E-state index in [0.717, 1.165) is 0 Å². The van der Waals surface area contributed by atoms with E-state index >= 15 is 0 Å². The summed E-state index contributed by atoms with van der Waals surface area (Å²) < 4.78 is 27.9. The first kappa shape index (κ1) is 13.8. The second-order valence-electron chi connectivity index (χ2n) is 4.49. The summed E-state index contributed by atoms with van der Waals surface area (Å²) in [5.74, 6) is -5.07. The van der Waals surface area contributed by atoms with Crippen molar-refractivity contribution >= 4 is 33.1 Å². The minimum absolute atomic E-state index is 0.0773. The van der Waals surface area contributed by atoms with Crippen LogP contribution in [0.25, 0.3) is 33.1 Å². The highest BCUT2D eigenvalue weighted by Gasteiger charge is 2.12. The third kappa shape index (κ3) is 2.13. The highest BCUT2D eigenvalue weighted by molar-refractivity contribution is 6.11. The summed E-state index contributed by atoms with van der Waals surface area (Å²) in [5.41, 5.74) is -0.407. The van der Waals surface area contributed by atoms with Crippen molar-refractivity contribution in [1.29, 1.82) is 0 Å². The predicted octanol–water partition coefficient (Wildman–Crippen LogP) is 1.27. The molecule has 0 aliphatic heterocycles. The van der Waals surface area contributed by atoms with E-state index in [4.69, 9.17) is 17.7 Å². The topological polar surface area (TPSA) is 147 Å². The molecule has 0 fully saturated rings. The fourth-order valence-electron chi connectivity index (χ4n) is 2.25. The molecule has 0 saturated heterocycles. The van der Waals surface area contributed by atoms with Crippen molar-refractivity contribution in [2.75, 3.05) is 0 Å². The van der Waals surface area contributed by atoms with Crippen molar-refractivity contribution in [3.63, 3.8) is 0 Å². The smallest absolute Gasteiger partial charge is 0.391 e. The SMILES string of the molecule is O=c1oc(=O)oc2c(ccc3c2ccc2oc(=O)oc(=O)oc23)o1. The molecule has 120 valence electrons. The van der Waals surface area contributed by atoms with Crippen LogP contribution < -0.4 is 23.3 Å². The van der Waals surface area contributed by atoms with Crippen molar-refractivity contribution in [2.45, 2.75) is 0 Å². The van der Waals surface area contributed by atoms with Crippen molar-refractivity contribution < 1.29 is 26.5 Å². The monoisotopic (exact) mass is 332 g/mol. The first-order valence-corrected chi connectivity index (χ1v) is 6.34. The van der Waals surface area contributed by atoms with Crippen LogP contribution >= 0.6 is 0 Å². The Hall–Kier alpha value is -3.82. The summed E-state index contributed by atoms with van der Waals surface area (Å²) in [6.45, 7) is 0. The van der Waals surface area contributed by atoms with E-state index in [-0.39, 0.29) is 33.1 Å². The normalized spacial score (nSPS) is 11.2. The van der Waals surface area contributed by atoms with Gasteiger partial charge in [0.15, 0.2) is 22.3 Å². The van der Waals surface area contributed by atoms with Gasteiger partial charge in [-0.15, -0.1) is 0 Å². The maximum atomic E-state index is 11.4. The maximum absolute atomic E-state index is 11.4. The Labute approximate surface area is 127 Å². The van der Waals surface area contributed by atoms with E-state index in [2.05, 4.69) is 8.83 Å². The molecule has 0 aliphatic rings. The Morgan fingerprint density at radius 1 is 0.458 bits per heavy atom. The summed E-state index contributed by atoms with van der Waals surface area (Å²) in [5, 5.41) is 0.479. The Morgan fingerprint density at radius 2 is 0.833 bits per heavy atom. The fraction of sp³-hybridized carbons (Fsp3) is 0. The molecule has 4 aromatic rings. The summed E-state index contributed by atoms with van der Waals surface area (Å²) >= 11 is 0. The Kier molecular flexibility index (Phi) is 2.79. The van der Waals surface area contributed by atoms with Crippen LogP contribution in [0, 0.1) is 0 Å². The Morgan fingerprint density at radius 3 is 1.25 bits per heavy atom. The van der Waals surface area contributed by atoms with Crippen LogP contribution in [0.1, 0.15) is 0 Å². The number of hydrogen-bond donors (Lipinski definition) is 0. The Bertz CT molecular complexity index is 1270. The van der Waals surface area contributed by atoms with Gasteiger partial charge < -0.3 is 26.5 Å². The van der Waals surface area contributed by atoms with Crippen LogP contribution in [0.15, 0.2) is 69.9 Å². The third-order valence-corrected chi connectivity index (χ3v) is 3.12. The summed E-state index contributed by atoms with van der Waals surface area (Å²) in [6, 6.07) is 5.40. The Balaban J connectivity index is 2.35. The zero-order chi connectivity index (χ0) is 16.8. The van der Waals surface area contributed by atoms with Crippen molar-refractivity contribution in [1.82, 2.24) is 0 Å². The van der Waals surface area contributed by atoms with Crippen LogP contribution in [-0.4, -0.2) is 0 Å². The largest absolute Gasteiger partial charge is 0.524 e. The fourth-order valence-corrected chi connectivity index (χ4v) is 2.25. The molecule has 0 aliphatic carbocycles. The van der Waals surface area contributed by atoms with Gasteiger partial charge in [0, 0.05) is 10.8 Å². The van der Waals surface area contributed by atoms with E-state index in [1.165, 1.54) is 24.3 Å². The molecule has 10 nitrogen and oxygen atoms in total. The van der Waals surface area contributed by atoms with E-state index in [0.29, 0.717) is 0 Å². The average molecular weight is 332 g/mol. The molecule has 2 aromatic carbocycles. The van der Waals surface area contributed by atoms with Crippen LogP contribution in [0.2, 0.25) is 0 Å². The summed E-state index contributed by atoms with van der Waals surface area (Å²) in [6.07, 6.45) is 0. The highest BCUT2D eigenvalue weighted by Crippen LogP contribution is 2.28. The minimum Gasteiger partial charge on any atom is -0.391 e. The zero-order valence-corrected chi connectivity index (χ0v) is 11.4. The molecule has 2 heterocycles. The second kappa shape index (κ2) is 4.84. The highest BCUT2D eigenvalue weighted by atomic mass is 16.6. The summed E-state index contributed by atoms with van der Waals surface area (Å²) in [4.78, 5) is 45.4. The quantitative estimate of drug-likeness (QED) is 0.461. The molecule has 0 spiro atoms. The molecule has 0 radical (unpaired) electrons. The van der Waals surface area contributed by atoms with Gasteiger partial charge in [-0.25, -0.2) is 19.2 Å². The van der Waals surface area contributed by atoms with Crippen LogP contribution in [0.3, 0.4) is 0 Å². The maximum Gasteiger partial charge on any atom is 0.524 e. The number of fused-ring (bicyclic) bond motifs is 5. The van der Waals surface area contributed by atoms with Gasteiger partial charge in [-0.1, -0.05) is 0 Å². The van der Waals surface area contributed by atoms with E-state index in [9.17, 15) is 19.2 Å². The number of hydrogen-bond acceptors (Lipinski definition) is 10. The lowest BCUT2D eigenvalue weighted by molar-refractivity contribution is 0.280. The minimum atomic E-state index is -1.28. The summed E-state index contributed by atoms with van der Waals surface area (Å²) in [7, 11) is 0. The molecule has 0 atom stereocenters. The van der Waals surface area contributed by atoms with Crippen molar-refractivity contribution in [3.8, 4) is 0 Å². The molecule has 0 saturated carbocycles. The number of rotatable bonds is 0. The molecule has 0 unspecified atom stereocenters. The van der Waals surface area contributed by atoms with E-state index < -0.39 is 23.3 Å². The van der Waals surface area contributed by atoms with Crippen LogP contribution in [0.5, 0.6) is 0 Å². The molecule has 24 heavy (non-hydrogen) atoms. The molecule has 0 amide bonds. The zero-order valence-electron chi connectivity index (χ0n) is 11.4. The van der Waals surface area contributed by atoms with E-state index in [1.807, 2.05) is 0 Å². The van der Waals surface area contributed by atoms with Gasteiger partial charge in [-0.05, 0) is 24.3 Å². The molecule has 2 aromatic heterocycles. The molecule has 0 N–H and O–H groups in total. The van der Waals surface area contributed by atoms with Gasteiger partial charge in [0.25, 0.3) is 0 Å². The van der Waals surface area contributed by atoms with Gasteiger partial charge in [0.05, 0.1) is 0 Å². The van der Waals surface area contributed by atoms with Crippen LogP contribution in [0.4, 0.5) is 0 Å². The predicted molar refractivity (Wildman–Crippen MR) is 75.3 cm³/mol. The first-order chi connectivity index (χ1) is 11.5. The van der Waals surface area contributed by atoms with Crippen molar-refractivity contribution in [3.05, 3.63) is 66.7 Å². The number of benzene rings is 2. The third-order valence-electron chi connectivity index (χ3n) is 3.12. The lowest BCUT2D eigenvalue weighted by Gasteiger charge is -1.99. The lowest BCUT2D eigenvalue weighted by Crippen LogP contribution is -2.01.